The molecule has 1 aliphatic heterocycles. The van der Waals surface area contributed by atoms with Crippen molar-refractivity contribution >= 4 is 23.2 Å². The van der Waals surface area contributed by atoms with E-state index in [4.69, 9.17) is 11.6 Å². The summed E-state index contributed by atoms with van der Waals surface area (Å²) >= 11 is 6.07. The zero-order valence-corrected chi connectivity index (χ0v) is 17.4. The molecule has 0 fully saturated rings. The molecular weight excluding hydrogens is 358 g/mol. The molecule has 2 N–H and O–H groups in total. The second-order valence-corrected chi connectivity index (χ2v) is 7.36. The van der Waals surface area contributed by atoms with E-state index in [0.29, 0.717) is 17.0 Å². The van der Waals surface area contributed by atoms with Gasteiger partial charge in [-0.15, -0.1) is 0 Å². The number of anilines is 1. The molecule has 0 bridgehead atoms. The number of nitrogens with zero attached hydrogens (tertiary/aromatic N) is 1. The van der Waals surface area contributed by atoms with Crippen LogP contribution in [-0.4, -0.2) is 26.0 Å². The van der Waals surface area contributed by atoms with Crippen molar-refractivity contribution in [2.24, 2.45) is 0 Å². The molecule has 144 valence electrons. The van der Waals surface area contributed by atoms with E-state index >= 15 is 0 Å². The summed E-state index contributed by atoms with van der Waals surface area (Å²) in [5.74, 6) is -0.129. The number of likely N-dealkylation sites (N-methyl/N-ethyl adjacent to an activating group) is 1. The maximum Gasteiger partial charge on any atom is 0.253 e. The van der Waals surface area contributed by atoms with Crippen molar-refractivity contribution in [3.8, 4) is 0 Å². The highest BCUT2D eigenvalue weighted by molar-refractivity contribution is 6.31. The highest BCUT2D eigenvalue weighted by Crippen LogP contribution is 2.30. The minimum absolute atomic E-state index is 0.129. The number of rotatable bonds is 5. The first-order chi connectivity index (χ1) is 12.7. The van der Waals surface area contributed by atoms with Crippen LogP contribution in [0.3, 0.4) is 0 Å². The molecule has 0 aromatic heterocycles. The fourth-order valence-corrected chi connectivity index (χ4v) is 3.15. The lowest BCUT2D eigenvalue weighted by Gasteiger charge is -2.26. The third-order valence-corrected chi connectivity index (χ3v) is 5.06. The van der Waals surface area contributed by atoms with Crippen molar-refractivity contribution in [1.29, 1.82) is 0 Å². The van der Waals surface area contributed by atoms with E-state index in [-0.39, 0.29) is 11.9 Å². The predicted octanol–water partition coefficient (Wildman–Crippen LogP) is 4.81. The molecule has 4 nitrogen and oxygen atoms in total. The van der Waals surface area contributed by atoms with Gasteiger partial charge >= 0.3 is 0 Å². The van der Waals surface area contributed by atoms with E-state index in [1.807, 2.05) is 31.3 Å². The van der Waals surface area contributed by atoms with Gasteiger partial charge < -0.3 is 15.5 Å². The summed E-state index contributed by atoms with van der Waals surface area (Å²) in [6.07, 6.45) is 6.85. The highest BCUT2D eigenvalue weighted by Gasteiger charge is 2.27. The lowest BCUT2D eigenvalue weighted by Crippen LogP contribution is -2.37. The van der Waals surface area contributed by atoms with Crippen molar-refractivity contribution in [3.63, 3.8) is 0 Å². The summed E-state index contributed by atoms with van der Waals surface area (Å²) in [6, 6.07) is 5.17. The Hall–Kier alpha value is -2.46. The van der Waals surface area contributed by atoms with Gasteiger partial charge in [-0.25, -0.2) is 0 Å². The molecule has 1 heterocycles. The zero-order valence-electron chi connectivity index (χ0n) is 16.7. The monoisotopic (exact) mass is 385 g/mol. The summed E-state index contributed by atoms with van der Waals surface area (Å²) < 4.78 is 0. The molecule has 27 heavy (non-hydrogen) atoms. The van der Waals surface area contributed by atoms with Crippen molar-refractivity contribution in [1.82, 2.24) is 10.6 Å². The number of hydrogen-bond donors (Lipinski definition) is 2. The lowest BCUT2D eigenvalue weighted by atomic mass is 10.0. The van der Waals surface area contributed by atoms with Gasteiger partial charge in [-0.1, -0.05) is 35.9 Å². The second kappa shape index (κ2) is 8.96. The van der Waals surface area contributed by atoms with Gasteiger partial charge in [0.1, 0.15) is 0 Å². The molecule has 1 aromatic carbocycles. The van der Waals surface area contributed by atoms with E-state index in [1.54, 1.807) is 12.1 Å². The van der Waals surface area contributed by atoms with Gasteiger partial charge in [0.05, 0.1) is 17.3 Å². The number of halogens is 1. The third kappa shape index (κ3) is 5.04. The number of fused-ring (bicyclic) bond motifs is 1. The topological polar surface area (TPSA) is 44.4 Å². The molecule has 0 saturated carbocycles. The SMILES string of the molecule is C=C1C(C/C(C)=C/C=C(C)/C(C)=C/NC)NC(=O)c2cc(Cl)ccc2N1C. The van der Waals surface area contributed by atoms with Crippen LogP contribution >= 0.6 is 11.6 Å². The number of hydrogen-bond acceptors (Lipinski definition) is 3. The molecule has 0 spiro atoms. The van der Waals surface area contributed by atoms with E-state index in [9.17, 15) is 4.79 Å². The standard InChI is InChI=1S/C22H28ClN3O/c1-14(7-8-15(2)16(3)13-24-5)11-20-17(4)26(6)21-10-9-18(23)12-19(21)22(27)25-20/h7-10,12-13,20,24H,4,11H2,1-3,5-6H3,(H,25,27)/b14-7+,15-8+,16-13+. The minimum atomic E-state index is -0.174. The first-order valence-electron chi connectivity index (χ1n) is 8.96. The van der Waals surface area contributed by atoms with Crippen LogP contribution in [-0.2, 0) is 0 Å². The predicted molar refractivity (Wildman–Crippen MR) is 115 cm³/mol. The molecule has 5 heteroatoms. The molecule has 1 unspecified atom stereocenters. The van der Waals surface area contributed by atoms with Gasteiger partial charge in [0.2, 0.25) is 0 Å². The summed E-state index contributed by atoms with van der Waals surface area (Å²) in [7, 11) is 3.82. The van der Waals surface area contributed by atoms with E-state index in [1.165, 1.54) is 11.1 Å². The third-order valence-electron chi connectivity index (χ3n) is 4.83. The van der Waals surface area contributed by atoms with Crippen LogP contribution in [0, 0.1) is 0 Å². The summed E-state index contributed by atoms with van der Waals surface area (Å²) in [4.78, 5) is 14.6. The molecule has 1 atom stereocenters. The van der Waals surface area contributed by atoms with E-state index < -0.39 is 0 Å². The Balaban J connectivity index is 2.22. The first kappa shape index (κ1) is 20.8. The molecule has 1 amide bonds. The van der Waals surface area contributed by atoms with Crippen LogP contribution < -0.4 is 15.5 Å². The maximum absolute atomic E-state index is 12.7. The minimum Gasteiger partial charge on any atom is -0.394 e. The molecule has 1 aliphatic rings. The van der Waals surface area contributed by atoms with Crippen molar-refractivity contribution < 1.29 is 4.79 Å². The largest absolute Gasteiger partial charge is 0.394 e. The Labute approximate surface area is 167 Å². The van der Waals surface area contributed by atoms with Crippen molar-refractivity contribution in [3.05, 3.63) is 76.1 Å². The van der Waals surface area contributed by atoms with Crippen LogP contribution in [0.5, 0.6) is 0 Å². The Morgan fingerprint density at radius 1 is 1.30 bits per heavy atom. The Morgan fingerprint density at radius 3 is 2.67 bits per heavy atom. The normalized spacial score (nSPS) is 18.8. The lowest BCUT2D eigenvalue weighted by molar-refractivity contribution is 0.0945. The number of allylic oxidation sites excluding steroid dienone is 4. The van der Waals surface area contributed by atoms with Gasteiger partial charge in [0, 0.05) is 24.8 Å². The molecule has 0 aliphatic carbocycles. The molecule has 1 aromatic rings. The number of carbonyl (C=O) groups excluding carboxylic acids is 1. The average Bonchev–Trinajstić information content (AvgIpc) is 2.71. The van der Waals surface area contributed by atoms with Crippen LogP contribution in [0.4, 0.5) is 5.69 Å². The molecule has 2 rings (SSSR count). The number of benzene rings is 1. The summed E-state index contributed by atoms with van der Waals surface area (Å²) in [5.41, 5.74) is 5.76. The summed E-state index contributed by atoms with van der Waals surface area (Å²) in [6.45, 7) is 10.4. The summed E-state index contributed by atoms with van der Waals surface area (Å²) in [5, 5.41) is 6.67. The quantitative estimate of drug-likeness (QED) is 0.715. The fourth-order valence-electron chi connectivity index (χ4n) is 2.98. The molecule has 0 saturated heterocycles. The van der Waals surface area contributed by atoms with Crippen LogP contribution in [0.25, 0.3) is 0 Å². The Morgan fingerprint density at radius 2 is 2.00 bits per heavy atom. The van der Waals surface area contributed by atoms with Crippen LogP contribution in [0.15, 0.2) is 65.5 Å². The fraction of sp³-hybridized carbons (Fsp3) is 0.318. The van der Waals surface area contributed by atoms with Crippen molar-refractivity contribution in [2.45, 2.75) is 33.2 Å². The average molecular weight is 386 g/mol. The van der Waals surface area contributed by atoms with Gasteiger partial charge in [-0.05, 0) is 62.7 Å². The number of amides is 1. The van der Waals surface area contributed by atoms with E-state index in [2.05, 4.69) is 50.1 Å². The van der Waals surface area contributed by atoms with Crippen molar-refractivity contribution in [2.75, 3.05) is 19.0 Å². The van der Waals surface area contributed by atoms with Gasteiger partial charge in [0.25, 0.3) is 5.91 Å². The maximum atomic E-state index is 12.7. The van der Waals surface area contributed by atoms with Gasteiger partial charge in [-0.3, -0.25) is 4.79 Å². The molecular formula is C22H28ClN3O. The smallest absolute Gasteiger partial charge is 0.253 e. The van der Waals surface area contributed by atoms with Crippen LogP contribution in [0.1, 0.15) is 37.6 Å². The Kier molecular flexibility index (Phi) is 6.92. The van der Waals surface area contributed by atoms with Gasteiger partial charge in [-0.2, -0.15) is 0 Å². The molecule has 0 radical (unpaired) electrons. The van der Waals surface area contributed by atoms with E-state index in [0.717, 1.165) is 17.0 Å². The highest BCUT2D eigenvalue weighted by atomic mass is 35.5. The first-order valence-corrected chi connectivity index (χ1v) is 9.33. The zero-order chi connectivity index (χ0) is 20.1. The van der Waals surface area contributed by atoms with Gasteiger partial charge in [0.15, 0.2) is 0 Å². The Bertz CT molecular complexity index is 836. The second-order valence-electron chi connectivity index (χ2n) is 6.92. The number of nitrogens with one attached hydrogen (secondary N) is 2. The van der Waals surface area contributed by atoms with Crippen LogP contribution in [0.2, 0.25) is 5.02 Å². The number of carbonyl (C=O) groups is 1.